The second kappa shape index (κ2) is 48.9. The highest BCUT2D eigenvalue weighted by Crippen LogP contribution is 2.49. The first kappa shape index (κ1) is 119. The van der Waals surface area contributed by atoms with Gasteiger partial charge in [-0.25, -0.2) is 0 Å². The van der Waals surface area contributed by atoms with Gasteiger partial charge in [0.2, 0.25) is 0 Å². The standard InChI is InChI=1S/C28H52N2O4.C23H38O.C22H40N2O6.C21H34O3.C21H36O/c1-25(2)17-21(18-26(3,4)29-25)33-23(31)15-13-11-9-10-12-14-16-24(32)34-22-19-27(5,6)30-28(7,8)20-22;1-8-9-16-10-12-17(13-11-16)18-14-19(22(2,3)4)21(24)20(15-18)23(5,6)7;1-19(2)11-15(12-20(3,4)23(19)27)29-17(25)9-10-18(26)30-16-13-21(5,6)24(28)22(7,8)14-16;1-8-9-14-12-23-19(24-13-14)15-10-16(20(2,3)4)18(22)17(11-15)21(5,6)7;1-8-9-10-11-12-13-16-14-17(20(2,3)4)19(22)18(15-16)21(5,6)7/h21-22,29-30H,9-20H2,1-8H3;14-17,24H,8-13H2,1-7H3;15-16,27-28H,9-14H2,1-8H3;10-11,14,19,22H,8-9,12-13H2,1-7H3;14-15,22H,8-13H2,1-7H3. The van der Waals surface area contributed by atoms with Crippen LogP contribution in [0, 0.1) is 11.8 Å². The van der Waals surface area contributed by atoms with Crippen molar-refractivity contribution < 1.29 is 73.3 Å². The van der Waals surface area contributed by atoms with Gasteiger partial charge in [-0.05, 0) is 270 Å². The minimum Gasteiger partial charge on any atom is -0.507 e. The third-order valence-corrected chi connectivity index (χ3v) is 28.0. The Kier molecular flexibility index (Phi) is 43.4. The average Bonchev–Trinajstić information content (AvgIpc) is 0.775. The van der Waals surface area contributed by atoms with Gasteiger partial charge in [0.25, 0.3) is 0 Å². The summed E-state index contributed by atoms with van der Waals surface area (Å²) in [6.07, 6.45) is 29.5. The van der Waals surface area contributed by atoms with Gasteiger partial charge in [-0.3, -0.25) is 19.2 Å². The predicted molar refractivity (Wildman–Crippen MR) is 550 cm³/mol. The van der Waals surface area contributed by atoms with Crippen LogP contribution < -0.4 is 10.6 Å². The van der Waals surface area contributed by atoms with Gasteiger partial charge in [-0.1, -0.05) is 240 Å². The number of hydrogen-bond donors (Lipinski definition) is 7. The minimum absolute atomic E-state index is 0.000484. The van der Waals surface area contributed by atoms with Crippen LogP contribution in [-0.2, 0) is 86.5 Å². The summed E-state index contributed by atoms with van der Waals surface area (Å²) in [7, 11) is 0. The fourth-order valence-electron chi connectivity index (χ4n) is 22.0. The maximum atomic E-state index is 12.3. The lowest BCUT2D eigenvalue weighted by molar-refractivity contribution is -0.260. The molecule has 0 aromatic heterocycles. The number of phenols is 3. The number of nitrogens with zero attached hydrogens (tertiary/aromatic N) is 2. The van der Waals surface area contributed by atoms with Crippen molar-refractivity contribution in [3.8, 4) is 17.2 Å². The average molecular weight is 1880 g/mol. The van der Waals surface area contributed by atoms with E-state index in [-0.39, 0.29) is 110 Å². The lowest BCUT2D eigenvalue weighted by Crippen LogP contribution is -2.60. The molecule has 3 aromatic carbocycles. The van der Waals surface area contributed by atoms with E-state index in [1.165, 1.54) is 91.9 Å². The quantitative estimate of drug-likeness (QED) is 0.0203. The van der Waals surface area contributed by atoms with Crippen LogP contribution in [0.5, 0.6) is 17.2 Å². The van der Waals surface area contributed by atoms with Crippen molar-refractivity contribution in [2.75, 3.05) is 13.2 Å². The molecule has 0 atom stereocenters. The van der Waals surface area contributed by atoms with Gasteiger partial charge in [0, 0.05) is 120 Å². The third kappa shape index (κ3) is 38.6. The van der Waals surface area contributed by atoms with E-state index < -0.39 is 34.1 Å². The Balaban J connectivity index is 0.000000299. The summed E-state index contributed by atoms with van der Waals surface area (Å²) in [5.41, 5.74) is 7.68. The van der Waals surface area contributed by atoms with Crippen molar-refractivity contribution >= 4 is 23.9 Å². The number of carbonyl (C=O) groups excluding carboxylic acids is 4. The van der Waals surface area contributed by atoms with Gasteiger partial charge in [0.05, 0.1) is 26.1 Å². The lowest BCUT2D eigenvalue weighted by atomic mass is 9.73. The summed E-state index contributed by atoms with van der Waals surface area (Å²) in [5, 5.41) is 63.1. The largest absolute Gasteiger partial charge is 0.507 e. The Morgan fingerprint density at radius 1 is 0.343 bits per heavy atom. The predicted octanol–water partition coefficient (Wildman–Crippen LogP) is 28.5. The monoisotopic (exact) mass is 1880 g/mol. The van der Waals surface area contributed by atoms with E-state index >= 15 is 0 Å². The minimum atomic E-state index is -0.507. The first-order valence-corrected chi connectivity index (χ1v) is 52.4. The highest BCUT2D eigenvalue weighted by molar-refractivity contribution is 5.78. The van der Waals surface area contributed by atoms with Gasteiger partial charge in [0.15, 0.2) is 6.29 Å². The van der Waals surface area contributed by atoms with E-state index in [4.69, 9.17) is 28.4 Å². The number of esters is 4. The van der Waals surface area contributed by atoms with Crippen LogP contribution in [0.15, 0.2) is 36.4 Å². The molecule has 0 spiro atoms. The number of unbranched alkanes of at least 4 members (excludes halogenated alkanes) is 9. The zero-order valence-corrected chi connectivity index (χ0v) is 92.3. The molecule has 1 aliphatic carbocycles. The van der Waals surface area contributed by atoms with Gasteiger partial charge >= 0.3 is 23.9 Å². The van der Waals surface area contributed by atoms with E-state index in [1.54, 1.807) is 0 Å². The topological polar surface area (TPSA) is 255 Å². The summed E-state index contributed by atoms with van der Waals surface area (Å²) in [6, 6.07) is 13.2. The zero-order valence-electron chi connectivity index (χ0n) is 92.3. The number of ether oxygens (including phenoxy) is 6. The molecule has 0 radical (unpaired) electrons. The Morgan fingerprint density at radius 2 is 0.604 bits per heavy atom. The van der Waals surface area contributed by atoms with Gasteiger partial charge < -0.3 is 64.8 Å². The number of benzene rings is 3. The van der Waals surface area contributed by atoms with Crippen molar-refractivity contribution in [1.82, 2.24) is 20.8 Å². The highest BCUT2D eigenvalue weighted by Gasteiger charge is 2.49. The molecule has 9 rings (SSSR count). The summed E-state index contributed by atoms with van der Waals surface area (Å²) in [6.45, 7) is 79.9. The maximum absolute atomic E-state index is 12.3. The molecule has 19 nitrogen and oxygen atoms in total. The summed E-state index contributed by atoms with van der Waals surface area (Å²) in [5.74, 6) is 2.52. The lowest BCUT2D eigenvalue weighted by Gasteiger charge is -2.51. The fraction of sp³-hybridized carbons (Fsp3) is 0.809. The Hall–Kier alpha value is -5.38. The van der Waals surface area contributed by atoms with Gasteiger partial charge in [-0.15, -0.1) is 0 Å². The first-order chi connectivity index (χ1) is 61.2. The molecule has 0 bridgehead atoms. The number of aryl methyl sites for hydroxylation is 1. The first-order valence-electron chi connectivity index (χ1n) is 52.4. The Labute approximate surface area is 817 Å². The Bertz CT molecular complexity index is 3760. The van der Waals surface area contributed by atoms with Crippen molar-refractivity contribution in [3.05, 3.63) is 86.5 Å². The van der Waals surface area contributed by atoms with Gasteiger partial charge in [-0.2, -0.15) is 10.1 Å². The molecule has 6 aliphatic rings. The number of hydrogen-bond acceptors (Lipinski definition) is 19. The van der Waals surface area contributed by atoms with E-state index in [0.29, 0.717) is 67.6 Å². The molecule has 3 aromatic rings. The number of hydroxylamine groups is 4. The van der Waals surface area contributed by atoms with Crippen LogP contribution in [-0.4, -0.2) is 142 Å². The van der Waals surface area contributed by atoms with E-state index in [0.717, 1.165) is 142 Å². The maximum Gasteiger partial charge on any atom is 0.306 e. The molecule has 1 saturated carbocycles. The molecule has 0 unspecified atom stereocenters. The molecular weight excluding hydrogens is 1680 g/mol. The molecule has 6 fully saturated rings. The smallest absolute Gasteiger partial charge is 0.306 e. The second-order valence-corrected chi connectivity index (χ2v) is 52.7. The number of phenolic OH excluding ortho intramolecular Hbond substituents is 3. The van der Waals surface area contributed by atoms with Crippen LogP contribution in [0.25, 0.3) is 0 Å². The number of aromatic hydroxyl groups is 3. The number of piperidine rings is 4. The van der Waals surface area contributed by atoms with E-state index in [9.17, 15) is 44.9 Å². The molecule has 5 saturated heterocycles. The zero-order chi connectivity index (χ0) is 102. The molecule has 134 heavy (non-hydrogen) atoms. The Morgan fingerprint density at radius 3 is 0.903 bits per heavy atom. The number of carbonyl (C=O) groups is 4. The molecule has 0 amide bonds. The van der Waals surface area contributed by atoms with E-state index in [1.807, 2.05) is 55.4 Å². The molecule has 770 valence electrons. The SMILES string of the molecule is CC1(C)CC(OC(=O)CCC(=O)OC2CC(C)(C)N(O)C(C)(C)C2)CC(C)(C)N1O.CC1(C)CC(OC(=O)CCCCCCCCC(=O)OC2CC(C)(C)NC(C)(C)C2)CC(C)(C)N1.CCCC1CCC(c2cc(C(C)(C)C)c(O)c(C(C)(C)C)c2)CC1.CCCC1COC(c2cc(C(C)(C)C)c(O)c(C(C)(C)C)c2)OC1.CCCCCCCc1cc(C(C)(C)C)c(O)c(C(C)(C)C)c1. The highest BCUT2D eigenvalue weighted by atomic mass is 16.7. The van der Waals surface area contributed by atoms with Crippen molar-refractivity contribution in [2.24, 2.45) is 11.8 Å². The molecule has 7 N–H and O–H groups in total. The number of nitrogens with one attached hydrogen (secondary N) is 2. The molecule has 5 heterocycles. The van der Waals surface area contributed by atoms with Crippen LogP contribution >= 0.6 is 0 Å². The summed E-state index contributed by atoms with van der Waals surface area (Å²) >= 11 is 0. The van der Waals surface area contributed by atoms with Gasteiger partial charge in [0.1, 0.15) is 41.7 Å². The van der Waals surface area contributed by atoms with Crippen molar-refractivity contribution in [1.29, 1.82) is 0 Å². The molecule has 19 heteroatoms. The molecule has 5 aliphatic heterocycles. The van der Waals surface area contributed by atoms with Crippen LogP contribution in [0.1, 0.15) is 518 Å². The number of rotatable bonds is 28. The van der Waals surface area contributed by atoms with Crippen LogP contribution in [0.2, 0.25) is 0 Å². The normalized spacial score (nSPS) is 22.3. The van der Waals surface area contributed by atoms with E-state index in [2.05, 4.69) is 248 Å². The van der Waals surface area contributed by atoms with Crippen molar-refractivity contribution in [2.45, 2.75) is 575 Å². The van der Waals surface area contributed by atoms with Crippen LogP contribution in [0.4, 0.5) is 0 Å². The summed E-state index contributed by atoms with van der Waals surface area (Å²) in [4.78, 5) is 49.2. The fourth-order valence-corrected chi connectivity index (χ4v) is 22.0. The third-order valence-electron chi connectivity index (χ3n) is 28.0. The van der Waals surface area contributed by atoms with Crippen LogP contribution in [0.3, 0.4) is 0 Å². The van der Waals surface area contributed by atoms with Crippen molar-refractivity contribution in [3.63, 3.8) is 0 Å². The second-order valence-electron chi connectivity index (χ2n) is 52.7. The molecular formula is C115H200N4O15. The summed E-state index contributed by atoms with van der Waals surface area (Å²) < 4.78 is 34.8.